The lowest BCUT2D eigenvalue weighted by atomic mass is 10.1. The minimum absolute atomic E-state index is 0.766. The molecule has 0 saturated carbocycles. The fourth-order valence-electron chi connectivity index (χ4n) is 3.66. The highest BCUT2D eigenvalue weighted by Crippen LogP contribution is 2.24. The highest BCUT2D eigenvalue weighted by Gasteiger charge is 2.11. The van der Waals surface area contributed by atoms with Crippen LogP contribution in [-0.4, -0.2) is 20.3 Å². The van der Waals surface area contributed by atoms with Gasteiger partial charge in [-0.2, -0.15) is 5.10 Å². The minimum atomic E-state index is 0.766. The third-order valence-corrected chi connectivity index (χ3v) is 4.92. The second-order valence-corrected chi connectivity index (χ2v) is 6.30. The maximum Gasteiger partial charge on any atom is 0.224 e. The summed E-state index contributed by atoms with van der Waals surface area (Å²) in [5.74, 6) is 0.766. The molecule has 0 unspecified atom stereocenters. The fourth-order valence-corrected chi connectivity index (χ4v) is 3.66. The molecular weight excluding hydrogens is 322 g/mol. The van der Waals surface area contributed by atoms with Crippen LogP contribution in [0.1, 0.15) is 25.1 Å². The van der Waals surface area contributed by atoms with Gasteiger partial charge in [-0.05, 0) is 39.0 Å². The summed E-state index contributed by atoms with van der Waals surface area (Å²) < 4.78 is 4.45. The normalized spacial score (nSPS) is 11.8. The van der Waals surface area contributed by atoms with E-state index in [0.29, 0.717) is 0 Å². The van der Waals surface area contributed by atoms with Gasteiger partial charge in [0.15, 0.2) is 0 Å². The Balaban J connectivity index is 1.70. The molecule has 0 atom stereocenters. The Morgan fingerprint density at radius 2 is 1.65 bits per heavy atom. The fraction of sp³-hybridized carbons (Fsp3) is 0.238. The van der Waals surface area contributed by atoms with Gasteiger partial charge < -0.3 is 9.13 Å². The Morgan fingerprint density at radius 3 is 2.42 bits per heavy atom. The molecule has 0 saturated heterocycles. The predicted molar refractivity (Wildman–Crippen MR) is 109 cm³/mol. The molecule has 26 heavy (non-hydrogen) atoms. The van der Waals surface area contributed by atoms with E-state index < -0.39 is 0 Å². The number of rotatable bonds is 5. The van der Waals surface area contributed by atoms with E-state index in [1.54, 1.807) is 0 Å². The van der Waals surface area contributed by atoms with Crippen molar-refractivity contribution in [2.75, 3.05) is 5.43 Å². The quantitative estimate of drug-likeness (QED) is 0.418. The number of nitrogens with zero attached hydrogens (tertiary/aromatic N) is 4. The molecule has 132 valence electrons. The Kier molecular flexibility index (Phi) is 4.21. The van der Waals surface area contributed by atoms with Crippen molar-refractivity contribution in [2.45, 2.75) is 33.9 Å². The number of hydrazone groups is 1. The van der Waals surface area contributed by atoms with E-state index in [2.05, 4.69) is 75.7 Å². The number of imidazole rings is 1. The molecule has 0 fully saturated rings. The maximum absolute atomic E-state index is 4.65. The first kappa shape index (κ1) is 16.4. The van der Waals surface area contributed by atoms with Crippen molar-refractivity contribution in [1.82, 2.24) is 14.1 Å². The number of benzene rings is 2. The van der Waals surface area contributed by atoms with Gasteiger partial charge in [0.05, 0.1) is 17.2 Å². The van der Waals surface area contributed by atoms with Gasteiger partial charge in [-0.25, -0.2) is 10.4 Å². The number of aryl methyl sites for hydroxylation is 2. The van der Waals surface area contributed by atoms with Crippen LogP contribution in [0.5, 0.6) is 0 Å². The van der Waals surface area contributed by atoms with Crippen molar-refractivity contribution >= 4 is 34.1 Å². The average Bonchev–Trinajstić information content (AvgIpc) is 3.16. The molecule has 4 aromatic rings. The van der Waals surface area contributed by atoms with Gasteiger partial charge in [-0.3, -0.25) is 0 Å². The largest absolute Gasteiger partial charge is 0.344 e. The molecule has 0 amide bonds. The van der Waals surface area contributed by atoms with E-state index in [4.69, 9.17) is 0 Å². The van der Waals surface area contributed by atoms with Crippen LogP contribution in [0.15, 0.2) is 53.6 Å². The van der Waals surface area contributed by atoms with Crippen LogP contribution in [0.2, 0.25) is 0 Å². The molecule has 4 rings (SSSR count). The zero-order valence-electron chi connectivity index (χ0n) is 15.4. The van der Waals surface area contributed by atoms with Crippen LogP contribution in [0.4, 0.5) is 5.95 Å². The van der Waals surface area contributed by atoms with Crippen LogP contribution in [-0.2, 0) is 13.1 Å². The Labute approximate surface area is 153 Å². The number of aromatic nitrogens is 3. The highest BCUT2D eigenvalue weighted by atomic mass is 15.4. The third kappa shape index (κ3) is 2.56. The molecule has 1 N–H and O–H groups in total. The van der Waals surface area contributed by atoms with Crippen molar-refractivity contribution in [2.24, 2.45) is 5.10 Å². The summed E-state index contributed by atoms with van der Waals surface area (Å²) in [6.07, 6.45) is 1.91. The molecule has 0 bridgehead atoms. The molecule has 5 heteroatoms. The topological polar surface area (TPSA) is 47.1 Å². The molecule has 0 spiro atoms. The zero-order chi connectivity index (χ0) is 18.1. The minimum Gasteiger partial charge on any atom is -0.344 e. The van der Waals surface area contributed by atoms with Crippen LogP contribution in [0.25, 0.3) is 21.9 Å². The van der Waals surface area contributed by atoms with E-state index >= 15 is 0 Å². The van der Waals surface area contributed by atoms with Crippen LogP contribution < -0.4 is 5.43 Å². The standard InChI is InChI=1S/C21H23N5/c1-4-25-15(3)17(16-10-6-8-12-19(16)25)14-22-24-21-23-18-11-7-9-13-20(18)26(21)5-2/h6-14H,4-5H2,1-3H3,(H,23,24)/b22-14-. The number of fused-ring (bicyclic) bond motifs is 2. The van der Waals surface area contributed by atoms with Crippen LogP contribution in [0, 0.1) is 6.92 Å². The summed E-state index contributed by atoms with van der Waals surface area (Å²) in [6.45, 7) is 8.21. The lowest BCUT2D eigenvalue weighted by molar-refractivity contribution is 0.769. The Bertz CT molecular complexity index is 1100. The Morgan fingerprint density at radius 1 is 0.962 bits per heavy atom. The van der Waals surface area contributed by atoms with Gasteiger partial charge in [0.25, 0.3) is 0 Å². The predicted octanol–water partition coefficient (Wildman–Crippen LogP) is 4.79. The highest BCUT2D eigenvalue weighted by molar-refractivity contribution is 6.01. The average molecular weight is 345 g/mol. The van der Waals surface area contributed by atoms with Crippen molar-refractivity contribution in [3.63, 3.8) is 0 Å². The lowest BCUT2D eigenvalue weighted by Crippen LogP contribution is -2.02. The Hall–Kier alpha value is -3.08. The number of para-hydroxylation sites is 3. The van der Waals surface area contributed by atoms with Crippen LogP contribution in [0.3, 0.4) is 0 Å². The first-order valence-corrected chi connectivity index (χ1v) is 9.06. The van der Waals surface area contributed by atoms with Gasteiger partial charge in [0, 0.05) is 35.2 Å². The van der Waals surface area contributed by atoms with E-state index in [0.717, 1.165) is 35.6 Å². The van der Waals surface area contributed by atoms with Gasteiger partial charge in [-0.1, -0.05) is 30.3 Å². The van der Waals surface area contributed by atoms with Crippen molar-refractivity contribution in [3.05, 3.63) is 59.8 Å². The first-order valence-electron chi connectivity index (χ1n) is 9.06. The molecule has 2 heterocycles. The lowest BCUT2D eigenvalue weighted by Gasteiger charge is -2.04. The van der Waals surface area contributed by atoms with Gasteiger partial charge in [0.2, 0.25) is 5.95 Å². The summed E-state index contributed by atoms with van der Waals surface area (Å²) in [5.41, 5.74) is 8.85. The van der Waals surface area contributed by atoms with Crippen molar-refractivity contribution in [3.8, 4) is 0 Å². The summed E-state index contributed by atoms with van der Waals surface area (Å²) in [6, 6.07) is 16.6. The summed E-state index contributed by atoms with van der Waals surface area (Å²) in [4.78, 5) is 4.65. The van der Waals surface area contributed by atoms with Crippen molar-refractivity contribution in [1.29, 1.82) is 0 Å². The number of hydrogen-bond donors (Lipinski definition) is 1. The molecule has 0 aliphatic carbocycles. The molecule has 5 nitrogen and oxygen atoms in total. The molecule has 0 aliphatic heterocycles. The molecule has 0 aliphatic rings. The van der Waals surface area contributed by atoms with Gasteiger partial charge >= 0.3 is 0 Å². The second-order valence-electron chi connectivity index (χ2n) is 6.30. The van der Waals surface area contributed by atoms with E-state index in [1.165, 1.54) is 16.6 Å². The number of anilines is 1. The first-order chi connectivity index (χ1) is 12.7. The monoisotopic (exact) mass is 345 g/mol. The summed E-state index contributed by atoms with van der Waals surface area (Å²) in [5, 5.41) is 5.73. The summed E-state index contributed by atoms with van der Waals surface area (Å²) in [7, 11) is 0. The maximum atomic E-state index is 4.65. The molecule has 0 radical (unpaired) electrons. The zero-order valence-corrected chi connectivity index (χ0v) is 15.4. The van der Waals surface area contributed by atoms with Crippen LogP contribution >= 0.6 is 0 Å². The molecule has 2 aromatic heterocycles. The van der Waals surface area contributed by atoms with Gasteiger partial charge in [-0.15, -0.1) is 0 Å². The molecular formula is C21H23N5. The smallest absolute Gasteiger partial charge is 0.224 e. The van der Waals surface area contributed by atoms with Crippen molar-refractivity contribution < 1.29 is 0 Å². The number of hydrogen-bond acceptors (Lipinski definition) is 3. The van der Waals surface area contributed by atoms with E-state index in [1.807, 2.05) is 24.4 Å². The molecule has 2 aromatic carbocycles. The SMILES string of the molecule is CCn1c(N/N=C\c2c(C)n(CC)c3ccccc23)nc2ccccc21. The second kappa shape index (κ2) is 6.67. The summed E-state index contributed by atoms with van der Waals surface area (Å²) >= 11 is 0. The van der Waals surface area contributed by atoms with Gasteiger partial charge in [0.1, 0.15) is 0 Å². The van der Waals surface area contributed by atoms with E-state index in [-0.39, 0.29) is 0 Å². The third-order valence-electron chi connectivity index (χ3n) is 4.92. The van der Waals surface area contributed by atoms with E-state index in [9.17, 15) is 0 Å². The number of nitrogens with one attached hydrogen (secondary N) is 1.